The number of aryl methyl sites for hydroxylation is 1. The zero-order valence-corrected chi connectivity index (χ0v) is 14.3. The van der Waals surface area contributed by atoms with Crippen LogP contribution in [-0.2, 0) is 6.42 Å². The van der Waals surface area contributed by atoms with Crippen molar-refractivity contribution in [3.63, 3.8) is 0 Å². The van der Waals surface area contributed by atoms with Crippen LogP contribution in [0, 0.1) is 25.0 Å². The monoisotopic (exact) mass is 378 g/mol. The molecule has 0 bridgehead atoms. The van der Waals surface area contributed by atoms with Crippen LogP contribution in [0.5, 0.6) is 0 Å². The molecule has 0 atom stereocenters. The van der Waals surface area contributed by atoms with Crippen LogP contribution in [0.15, 0.2) is 28.1 Å². The second-order valence-electron chi connectivity index (χ2n) is 5.14. The number of hydrazone groups is 1. The fraction of sp³-hybridized carbons (Fsp3) is 0.214. The number of nitro groups is 2. The maximum atomic E-state index is 12.0. The topological polar surface area (TPSA) is 159 Å². The zero-order valence-electron chi connectivity index (χ0n) is 13.5. The van der Waals surface area contributed by atoms with Crippen LogP contribution in [0.3, 0.4) is 0 Å². The zero-order chi connectivity index (χ0) is 19.3. The standard InChI is InChI=1S/C14H14N6O5S/c1-2-3-10-9(13(21)17-14(26)16-10)7-15-18-11-5-4-8(19(22)23)6-12(11)20(24)25/h4-7,18H,2-3H2,1H3,(H2,16,17,21,26)/b15-7+. The third-order valence-electron chi connectivity index (χ3n) is 3.33. The second kappa shape index (κ2) is 8.11. The van der Waals surface area contributed by atoms with E-state index in [2.05, 4.69) is 20.5 Å². The van der Waals surface area contributed by atoms with E-state index in [1.807, 2.05) is 6.92 Å². The van der Waals surface area contributed by atoms with E-state index in [1.54, 1.807) is 0 Å². The van der Waals surface area contributed by atoms with Crippen LogP contribution in [0.1, 0.15) is 24.6 Å². The molecule has 0 aliphatic rings. The molecule has 0 amide bonds. The van der Waals surface area contributed by atoms with E-state index in [0.717, 1.165) is 18.6 Å². The number of non-ortho nitro benzene ring substituents is 1. The third kappa shape index (κ3) is 4.36. The van der Waals surface area contributed by atoms with Crippen molar-refractivity contribution >= 4 is 35.5 Å². The van der Waals surface area contributed by atoms with Crippen molar-refractivity contribution < 1.29 is 9.85 Å². The van der Waals surface area contributed by atoms with E-state index in [4.69, 9.17) is 12.2 Å². The van der Waals surface area contributed by atoms with Gasteiger partial charge in [0, 0.05) is 11.8 Å². The Morgan fingerprint density at radius 1 is 1.27 bits per heavy atom. The molecule has 0 saturated carbocycles. The highest BCUT2D eigenvalue weighted by atomic mass is 32.1. The minimum absolute atomic E-state index is 0.0470. The normalized spacial score (nSPS) is 10.8. The Bertz CT molecular complexity index is 996. The number of H-pyrrole nitrogens is 2. The molecule has 0 unspecified atom stereocenters. The average Bonchev–Trinajstić information content (AvgIpc) is 2.57. The molecule has 0 spiro atoms. The molecule has 0 aliphatic heterocycles. The number of rotatable bonds is 7. The predicted molar refractivity (Wildman–Crippen MR) is 97.2 cm³/mol. The summed E-state index contributed by atoms with van der Waals surface area (Å²) in [4.78, 5) is 37.7. The fourth-order valence-corrected chi connectivity index (χ4v) is 2.39. The lowest BCUT2D eigenvalue weighted by Crippen LogP contribution is -2.18. The van der Waals surface area contributed by atoms with E-state index < -0.39 is 26.8 Å². The van der Waals surface area contributed by atoms with Crippen molar-refractivity contribution in [2.75, 3.05) is 5.43 Å². The maximum Gasteiger partial charge on any atom is 0.301 e. The fourth-order valence-electron chi connectivity index (χ4n) is 2.17. The third-order valence-corrected chi connectivity index (χ3v) is 3.53. The van der Waals surface area contributed by atoms with Crippen molar-refractivity contribution in [3.05, 3.63) is 64.8 Å². The molecule has 12 heteroatoms. The Kier molecular flexibility index (Phi) is 5.90. The summed E-state index contributed by atoms with van der Waals surface area (Å²) in [6.07, 6.45) is 2.53. The summed E-state index contributed by atoms with van der Waals surface area (Å²) in [6.45, 7) is 1.93. The Morgan fingerprint density at radius 2 is 2.00 bits per heavy atom. The van der Waals surface area contributed by atoms with Crippen LogP contribution < -0.4 is 11.0 Å². The van der Waals surface area contributed by atoms with Crippen molar-refractivity contribution in [3.8, 4) is 0 Å². The Balaban J connectivity index is 2.35. The van der Waals surface area contributed by atoms with Crippen molar-refractivity contribution in [2.24, 2.45) is 5.10 Å². The first-order valence-corrected chi connectivity index (χ1v) is 7.81. The van der Waals surface area contributed by atoms with E-state index in [9.17, 15) is 25.0 Å². The van der Waals surface area contributed by atoms with Gasteiger partial charge in [-0.05, 0) is 24.7 Å². The van der Waals surface area contributed by atoms with Gasteiger partial charge >= 0.3 is 5.69 Å². The van der Waals surface area contributed by atoms with E-state index in [1.165, 1.54) is 12.3 Å². The molecule has 0 fully saturated rings. The molecule has 0 aliphatic carbocycles. The van der Waals surface area contributed by atoms with E-state index in [0.29, 0.717) is 12.1 Å². The summed E-state index contributed by atoms with van der Waals surface area (Å²) in [5.41, 5.74) is 1.84. The molecule has 0 radical (unpaired) electrons. The van der Waals surface area contributed by atoms with Crippen molar-refractivity contribution in [2.45, 2.75) is 19.8 Å². The molecule has 1 aromatic carbocycles. The van der Waals surface area contributed by atoms with Gasteiger partial charge < -0.3 is 4.98 Å². The number of nitrogens with zero attached hydrogens (tertiary/aromatic N) is 3. The largest absolute Gasteiger partial charge is 0.335 e. The van der Waals surface area contributed by atoms with E-state index in [-0.39, 0.29) is 16.0 Å². The highest BCUT2D eigenvalue weighted by Crippen LogP contribution is 2.28. The molecule has 26 heavy (non-hydrogen) atoms. The Morgan fingerprint density at radius 3 is 2.62 bits per heavy atom. The molecule has 2 rings (SSSR count). The van der Waals surface area contributed by atoms with Gasteiger partial charge in [-0.25, -0.2) is 0 Å². The lowest BCUT2D eigenvalue weighted by molar-refractivity contribution is -0.393. The number of benzene rings is 1. The first-order valence-electron chi connectivity index (χ1n) is 7.40. The SMILES string of the molecule is CCCc1[nH]c(=S)[nH]c(=O)c1/C=N/Nc1ccc([N+](=O)[O-])cc1[N+](=O)[O-]. The number of hydrogen-bond donors (Lipinski definition) is 3. The molecule has 2 aromatic rings. The molecule has 11 nitrogen and oxygen atoms in total. The number of anilines is 1. The van der Waals surface area contributed by atoms with Crippen molar-refractivity contribution in [1.82, 2.24) is 9.97 Å². The van der Waals surface area contributed by atoms with Crippen LogP contribution in [-0.4, -0.2) is 26.0 Å². The number of nitrogens with one attached hydrogen (secondary N) is 3. The summed E-state index contributed by atoms with van der Waals surface area (Å²) in [5, 5.41) is 25.7. The summed E-state index contributed by atoms with van der Waals surface area (Å²) < 4.78 is 0.189. The molecule has 1 aromatic heterocycles. The summed E-state index contributed by atoms with van der Waals surface area (Å²) in [6, 6.07) is 3.11. The summed E-state index contributed by atoms with van der Waals surface area (Å²) in [5.74, 6) is 0. The maximum absolute atomic E-state index is 12.0. The van der Waals surface area contributed by atoms with Crippen molar-refractivity contribution in [1.29, 1.82) is 0 Å². The lowest BCUT2D eigenvalue weighted by Gasteiger charge is -2.04. The first kappa shape index (κ1) is 18.9. The highest BCUT2D eigenvalue weighted by Gasteiger charge is 2.19. The number of nitro benzene ring substituents is 2. The van der Waals surface area contributed by atoms with Gasteiger partial charge in [-0.15, -0.1) is 0 Å². The number of hydrogen-bond acceptors (Lipinski definition) is 8. The second-order valence-corrected chi connectivity index (χ2v) is 5.54. The van der Waals surface area contributed by atoms with Gasteiger partial charge in [0.2, 0.25) is 0 Å². The van der Waals surface area contributed by atoms with Crippen LogP contribution in [0.25, 0.3) is 0 Å². The molecular formula is C14H14N6O5S. The van der Waals surface area contributed by atoms with Gasteiger partial charge in [-0.3, -0.25) is 35.4 Å². The average molecular weight is 378 g/mol. The Hall–Kier alpha value is -3.41. The quantitative estimate of drug-likeness (QED) is 0.289. The lowest BCUT2D eigenvalue weighted by atomic mass is 10.1. The van der Waals surface area contributed by atoms with Crippen LogP contribution in [0.2, 0.25) is 0 Å². The molecular weight excluding hydrogens is 364 g/mol. The molecule has 136 valence electrons. The van der Waals surface area contributed by atoms with Gasteiger partial charge in [0.1, 0.15) is 5.69 Å². The Labute approximate surface area is 151 Å². The molecule has 0 saturated heterocycles. The minimum Gasteiger partial charge on any atom is -0.335 e. The summed E-state index contributed by atoms with van der Waals surface area (Å²) >= 11 is 4.93. The van der Waals surface area contributed by atoms with Crippen LogP contribution >= 0.6 is 12.2 Å². The predicted octanol–water partition coefficient (Wildman–Crippen LogP) is 2.65. The number of aromatic nitrogens is 2. The first-order chi connectivity index (χ1) is 12.3. The highest BCUT2D eigenvalue weighted by molar-refractivity contribution is 7.71. The van der Waals surface area contributed by atoms with Gasteiger partial charge in [0.05, 0.1) is 27.7 Å². The van der Waals surface area contributed by atoms with Gasteiger partial charge in [-0.1, -0.05) is 13.3 Å². The smallest absolute Gasteiger partial charge is 0.301 e. The summed E-state index contributed by atoms with van der Waals surface area (Å²) in [7, 11) is 0. The van der Waals surface area contributed by atoms with Gasteiger partial charge in [0.25, 0.3) is 11.2 Å². The van der Waals surface area contributed by atoms with Crippen LogP contribution in [0.4, 0.5) is 17.1 Å². The molecule has 3 N–H and O–H groups in total. The number of aromatic amines is 2. The van der Waals surface area contributed by atoms with Gasteiger partial charge in [0.15, 0.2) is 4.77 Å². The van der Waals surface area contributed by atoms with Gasteiger partial charge in [-0.2, -0.15) is 5.10 Å². The molecule has 1 heterocycles. The minimum atomic E-state index is -0.764. The van der Waals surface area contributed by atoms with E-state index >= 15 is 0 Å².